The number of sulfonamides is 1. The average Bonchev–Trinajstić information content (AvgIpc) is 2.41. The van der Waals surface area contributed by atoms with Crippen molar-refractivity contribution in [1.29, 1.82) is 0 Å². The third-order valence-electron chi connectivity index (χ3n) is 4.14. The van der Waals surface area contributed by atoms with Crippen molar-refractivity contribution in [2.45, 2.75) is 49.6 Å². The van der Waals surface area contributed by atoms with E-state index in [9.17, 15) is 13.5 Å². The van der Waals surface area contributed by atoms with Gasteiger partial charge in [0.15, 0.2) is 0 Å². The number of nitrogens with two attached hydrogens (primary N) is 1. The zero-order valence-electron chi connectivity index (χ0n) is 11.9. The average molecular weight is 298 g/mol. The predicted molar refractivity (Wildman–Crippen MR) is 78.8 cm³/mol. The Hall–Kier alpha value is -1.11. The van der Waals surface area contributed by atoms with E-state index in [4.69, 9.17) is 5.73 Å². The largest absolute Gasteiger partial charge is 0.398 e. The smallest absolute Gasteiger partial charge is 0.243 e. The molecule has 112 valence electrons. The lowest BCUT2D eigenvalue weighted by Gasteiger charge is -2.34. The summed E-state index contributed by atoms with van der Waals surface area (Å²) < 4.78 is 26.7. The summed E-state index contributed by atoms with van der Waals surface area (Å²) in [5.74, 6) is 0. The van der Waals surface area contributed by atoms with E-state index in [0.717, 1.165) is 12.8 Å². The molecule has 2 rings (SSSR count). The number of benzene rings is 1. The molecule has 0 bridgehead atoms. The molecule has 1 fully saturated rings. The summed E-state index contributed by atoms with van der Waals surface area (Å²) >= 11 is 0. The molecule has 0 aliphatic heterocycles. The second-order valence-corrected chi connectivity index (χ2v) is 7.38. The normalized spacial score (nSPS) is 24.0. The Kier molecular flexibility index (Phi) is 4.36. The van der Waals surface area contributed by atoms with Gasteiger partial charge in [0.1, 0.15) is 0 Å². The zero-order chi connectivity index (χ0) is 14.9. The van der Waals surface area contributed by atoms with Gasteiger partial charge in [-0.25, -0.2) is 8.42 Å². The summed E-state index contributed by atoms with van der Waals surface area (Å²) in [6.45, 7) is 1.70. The highest BCUT2D eigenvalue weighted by atomic mass is 32.2. The maximum absolute atomic E-state index is 12.7. The fraction of sp³-hybridized carbons (Fsp3) is 0.571. The summed E-state index contributed by atoms with van der Waals surface area (Å²) in [7, 11) is -2.09. The molecule has 3 N–H and O–H groups in total. The van der Waals surface area contributed by atoms with E-state index in [1.54, 1.807) is 25.1 Å². The molecule has 20 heavy (non-hydrogen) atoms. The molecule has 1 saturated carbocycles. The number of hydrogen-bond acceptors (Lipinski definition) is 4. The number of nitrogens with zero attached hydrogens (tertiary/aromatic N) is 1. The Morgan fingerprint density at radius 1 is 1.30 bits per heavy atom. The van der Waals surface area contributed by atoms with E-state index in [-0.39, 0.29) is 10.9 Å². The van der Waals surface area contributed by atoms with E-state index in [1.807, 2.05) is 0 Å². The molecular weight excluding hydrogens is 276 g/mol. The first-order chi connectivity index (χ1) is 9.35. The van der Waals surface area contributed by atoms with Crippen LogP contribution < -0.4 is 5.73 Å². The number of likely N-dealkylation sites (N-methyl/N-ethyl adjacent to an activating group) is 1. The van der Waals surface area contributed by atoms with E-state index in [1.165, 1.54) is 11.4 Å². The van der Waals surface area contributed by atoms with Crippen LogP contribution in [0, 0.1) is 6.92 Å². The summed E-state index contributed by atoms with van der Waals surface area (Å²) in [4.78, 5) is 0.220. The van der Waals surface area contributed by atoms with Crippen molar-refractivity contribution in [3.05, 3.63) is 23.8 Å². The van der Waals surface area contributed by atoms with Crippen molar-refractivity contribution in [2.75, 3.05) is 12.8 Å². The second kappa shape index (κ2) is 5.71. The van der Waals surface area contributed by atoms with Gasteiger partial charge in [0.2, 0.25) is 10.0 Å². The molecule has 0 heterocycles. The first kappa shape index (κ1) is 15.3. The number of hydrogen-bond donors (Lipinski definition) is 2. The second-order valence-electron chi connectivity index (χ2n) is 5.41. The number of rotatable bonds is 3. The van der Waals surface area contributed by atoms with Gasteiger partial charge >= 0.3 is 0 Å². The molecule has 2 atom stereocenters. The van der Waals surface area contributed by atoms with Crippen LogP contribution in [-0.4, -0.2) is 37.0 Å². The fourth-order valence-corrected chi connectivity index (χ4v) is 4.43. The highest BCUT2D eigenvalue weighted by Gasteiger charge is 2.34. The summed E-state index contributed by atoms with van der Waals surface area (Å²) in [6, 6.07) is 4.53. The van der Waals surface area contributed by atoms with Gasteiger partial charge < -0.3 is 10.8 Å². The Morgan fingerprint density at radius 3 is 2.60 bits per heavy atom. The Morgan fingerprint density at radius 2 is 1.95 bits per heavy atom. The number of nitrogen functional groups attached to an aromatic ring is 1. The highest BCUT2D eigenvalue weighted by molar-refractivity contribution is 7.89. The SMILES string of the molecule is Cc1c(N)cccc1S(=O)(=O)N(C)C1CCCCC1O. The van der Waals surface area contributed by atoms with Gasteiger partial charge in [-0.2, -0.15) is 4.31 Å². The summed E-state index contributed by atoms with van der Waals surface area (Å²) in [6.07, 6.45) is 2.64. The molecular formula is C14H22N2O3S. The van der Waals surface area contributed by atoms with Crippen LogP contribution >= 0.6 is 0 Å². The standard InChI is InChI=1S/C14H22N2O3S/c1-10-11(15)6-5-9-14(10)20(18,19)16(2)12-7-3-4-8-13(12)17/h5-6,9,12-13,17H,3-4,7-8,15H2,1-2H3. The maximum atomic E-state index is 12.7. The van der Waals surface area contributed by atoms with Crippen LogP contribution in [0.15, 0.2) is 23.1 Å². The fourth-order valence-electron chi connectivity index (χ4n) is 2.76. The highest BCUT2D eigenvalue weighted by Crippen LogP contribution is 2.29. The third-order valence-corrected chi connectivity index (χ3v) is 6.17. The molecule has 5 nitrogen and oxygen atoms in total. The van der Waals surface area contributed by atoms with Crippen molar-refractivity contribution < 1.29 is 13.5 Å². The van der Waals surface area contributed by atoms with Crippen LogP contribution in [-0.2, 0) is 10.0 Å². The molecule has 0 amide bonds. The van der Waals surface area contributed by atoms with Crippen molar-refractivity contribution in [3.8, 4) is 0 Å². The Labute approximate surface area is 120 Å². The molecule has 1 aliphatic carbocycles. The van der Waals surface area contributed by atoms with Gasteiger partial charge in [0.05, 0.1) is 17.0 Å². The monoisotopic (exact) mass is 298 g/mol. The lowest BCUT2D eigenvalue weighted by molar-refractivity contribution is 0.0638. The number of anilines is 1. The summed E-state index contributed by atoms with van der Waals surface area (Å²) in [5.41, 5.74) is 6.81. The predicted octanol–water partition coefficient (Wildman–Crippen LogP) is 1.50. The number of aliphatic hydroxyl groups is 1. The van der Waals surface area contributed by atoms with Gasteiger partial charge in [-0.15, -0.1) is 0 Å². The molecule has 1 aliphatic rings. The Bertz CT molecular complexity index is 586. The molecule has 0 saturated heterocycles. The van der Waals surface area contributed by atoms with Crippen LogP contribution in [0.3, 0.4) is 0 Å². The van der Waals surface area contributed by atoms with Gasteiger partial charge in [-0.1, -0.05) is 18.9 Å². The van der Waals surface area contributed by atoms with Crippen molar-refractivity contribution >= 4 is 15.7 Å². The minimum atomic E-state index is -3.63. The van der Waals surface area contributed by atoms with Crippen LogP contribution in [0.1, 0.15) is 31.2 Å². The van der Waals surface area contributed by atoms with E-state index >= 15 is 0 Å². The molecule has 2 unspecified atom stereocenters. The van der Waals surface area contributed by atoms with Crippen molar-refractivity contribution in [3.63, 3.8) is 0 Å². The zero-order valence-corrected chi connectivity index (χ0v) is 12.7. The third kappa shape index (κ3) is 2.68. The minimum absolute atomic E-state index is 0.220. The van der Waals surface area contributed by atoms with Crippen LogP contribution in [0.4, 0.5) is 5.69 Å². The van der Waals surface area contributed by atoms with Crippen LogP contribution in [0.5, 0.6) is 0 Å². The van der Waals surface area contributed by atoms with Gasteiger partial charge in [-0.05, 0) is 37.5 Å². The lowest BCUT2D eigenvalue weighted by Crippen LogP contribution is -2.46. The topological polar surface area (TPSA) is 83.6 Å². The molecule has 1 aromatic rings. The van der Waals surface area contributed by atoms with E-state index in [0.29, 0.717) is 24.1 Å². The van der Waals surface area contributed by atoms with Gasteiger partial charge in [0, 0.05) is 12.7 Å². The van der Waals surface area contributed by atoms with Gasteiger partial charge in [-0.3, -0.25) is 0 Å². The molecule has 0 spiro atoms. The Balaban J connectivity index is 2.36. The quantitative estimate of drug-likeness (QED) is 0.828. The summed E-state index contributed by atoms with van der Waals surface area (Å²) in [5, 5.41) is 10.0. The molecule has 0 aromatic heterocycles. The minimum Gasteiger partial charge on any atom is -0.398 e. The van der Waals surface area contributed by atoms with E-state index in [2.05, 4.69) is 0 Å². The van der Waals surface area contributed by atoms with Crippen LogP contribution in [0.25, 0.3) is 0 Å². The first-order valence-corrected chi connectivity index (χ1v) is 8.31. The maximum Gasteiger partial charge on any atom is 0.243 e. The van der Waals surface area contributed by atoms with Gasteiger partial charge in [0.25, 0.3) is 0 Å². The van der Waals surface area contributed by atoms with Crippen molar-refractivity contribution in [2.24, 2.45) is 0 Å². The van der Waals surface area contributed by atoms with Crippen LogP contribution in [0.2, 0.25) is 0 Å². The van der Waals surface area contributed by atoms with E-state index < -0.39 is 16.1 Å². The van der Waals surface area contributed by atoms with Crippen molar-refractivity contribution in [1.82, 2.24) is 4.31 Å². The molecule has 1 aromatic carbocycles. The first-order valence-electron chi connectivity index (χ1n) is 6.87. The lowest BCUT2D eigenvalue weighted by atomic mass is 9.93. The number of aliphatic hydroxyl groups excluding tert-OH is 1. The molecule has 0 radical (unpaired) electrons. The molecule has 6 heteroatoms.